The van der Waals surface area contributed by atoms with E-state index in [1.807, 2.05) is 43.3 Å². The Balaban J connectivity index is 1.94. The van der Waals surface area contributed by atoms with Crippen LogP contribution in [0.1, 0.15) is 22.8 Å². The Morgan fingerprint density at radius 1 is 1.18 bits per heavy atom. The topological polar surface area (TPSA) is 63.6 Å². The third-order valence-corrected chi connectivity index (χ3v) is 2.91. The summed E-state index contributed by atoms with van der Waals surface area (Å²) in [5, 5.41) is 4.03. The molecular weight excluding hydrogens is 278 g/mol. The van der Waals surface area contributed by atoms with Gasteiger partial charge < -0.3 is 4.74 Å². The van der Waals surface area contributed by atoms with Gasteiger partial charge in [-0.1, -0.05) is 18.2 Å². The Morgan fingerprint density at radius 3 is 2.50 bits per heavy atom. The van der Waals surface area contributed by atoms with Gasteiger partial charge in [0.25, 0.3) is 5.91 Å². The maximum absolute atomic E-state index is 11.8. The highest BCUT2D eigenvalue weighted by Gasteiger charge is 2.02. The van der Waals surface area contributed by atoms with E-state index in [2.05, 4.69) is 15.5 Å². The number of aromatic nitrogens is 1. The molecule has 0 aliphatic rings. The summed E-state index contributed by atoms with van der Waals surface area (Å²) in [5.74, 6) is 0.548. The molecule has 0 unspecified atom stereocenters. The first-order chi connectivity index (χ1) is 10.7. The smallest absolute Gasteiger partial charge is 0.271 e. The minimum absolute atomic E-state index is 0.264. The van der Waals surface area contributed by atoms with E-state index < -0.39 is 0 Å². The Kier molecular flexibility index (Phi) is 5.43. The molecule has 0 spiro atoms. The molecule has 0 atom stereocenters. The third kappa shape index (κ3) is 4.56. The van der Waals surface area contributed by atoms with E-state index in [4.69, 9.17) is 4.74 Å². The number of rotatable bonds is 5. The first-order valence-corrected chi connectivity index (χ1v) is 6.76. The fraction of sp³-hybridized carbons (Fsp3) is 0.118. The van der Waals surface area contributed by atoms with Crippen LogP contribution < -0.4 is 10.2 Å². The Bertz CT molecular complexity index is 677. The van der Waals surface area contributed by atoms with E-state index >= 15 is 0 Å². The van der Waals surface area contributed by atoms with E-state index in [1.165, 1.54) is 0 Å². The summed E-state index contributed by atoms with van der Waals surface area (Å²) in [6.07, 6.45) is 6.87. The lowest BCUT2D eigenvalue weighted by Gasteiger charge is -2.00. The van der Waals surface area contributed by atoms with Crippen LogP contribution in [0.2, 0.25) is 0 Å². The van der Waals surface area contributed by atoms with Gasteiger partial charge in [0.2, 0.25) is 0 Å². The highest BCUT2D eigenvalue weighted by Crippen LogP contribution is 2.12. The highest BCUT2D eigenvalue weighted by molar-refractivity contribution is 5.99. The average molecular weight is 295 g/mol. The molecule has 22 heavy (non-hydrogen) atoms. The molecule has 1 heterocycles. The van der Waals surface area contributed by atoms with Gasteiger partial charge in [-0.15, -0.1) is 0 Å². The number of benzene rings is 1. The largest absolute Gasteiger partial charge is 0.497 e. The van der Waals surface area contributed by atoms with Gasteiger partial charge in [0.05, 0.1) is 12.8 Å². The second-order valence-electron chi connectivity index (χ2n) is 4.54. The average Bonchev–Trinajstić information content (AvgIpc) is 2.59. The fourth-order valence-electron chi connectivity index (χ4n) is 1.68. The van der Waals surface area contributed by atoms with Gasteiger partial charge in [-0.25, -0.2) is 5.43 Å². The number of amides is 1. The zero-order valence-electron chi connectivity index (χ0n) is 12.5. The molecule has 2 rings (SSSR count). The van der Waals surface area contributed by atoms with Gasteiger partial charge in [0.15, 0.2) is 0 Å². The molecule has 0 radical (unpaired) electrons. The number of allylic oxidation sites excluding steroid dienone is 1. The van der Waals surface area contributed by atoms with Gasteiger partial charge in [-0.05, 0) is 42.8 Å². The SMILES string of the molecule is COc1ccc(/C=C/C(C)=N\NC(=O)c2ccncc2)cc1. The monoisotopic (exact) mass is 295 g/mol. The summed E-state index contributed by atoms with van der Waals surface area (Å²) in [6.45, 7) is 1.81. The molecule has 0 saturated carbocycles. The van der Waals surface area contributed by atoms with Crippen LogP contribution in [0.5, 0.6) is 5.75 Å². The van der Waals surface area contributed by atoms with Gasteiger partial charge >= 0.3 is 0 Å². The van der Waals surface area contributed by atoms with E-state index in [1.54, 1.807) is 31.6 Å². The second kappa shape index (κ2) is 7.73. The van der Waals surface area contributed by atoms with E-state index in [0.29, 0.717) is 11.3 Å². The van der Waals surface area contributed by atoms with Crippen molar-refractivity contribution in [2.75, 3.05) is 7.11 Å². The van der Waals surface area contributed by atoms with Crippen molar-refractivity contribution in [3.8, 4) is 5.75 Å². The first kappa shape index (κ1) is 15.4. The molecule has 2 aromatic rings. The highest BCUT2D eigenvalue weighted by atomic mass is 16.5. The lowest BCUT2D eigenvalue weighted by Crippen LogP contribution is -2.18. The van der Waals surface area contributed by atoms with Crippen molar-refractivity contribution < 1.29 is 9.53 Å². The number of ether oxygens (including phenoxy) is 1. The maximum atomic E-state index is 11.8. The molecular formula is C17H17N3O2. The van der Waals surface area contributed by atoms with Crippen molar-refractivity contribution in [3.63, 3.8) is 0 Å². The zero-order valence-corrected chi connectivity index (χ0v) is 12.5. The van der Waals surface area contributed by atoms with E-state index in [9.17, 15) is 4.79 Å². The van der Waals surface area contributed by atoms with E-state index in [-0.39, 0.29) is 5.91 Å². The molecule has 1 N–H and O–H groups in total. The van der Waals surface area contributed by atoms with Gasteiger partial charge in [-0.3, -0.25) is 9.78 Å². The standard InChI is InChI=1S/C17H17N3O2/c1-13(3-4-14-5-7-16(22-2)8-6-14)19-20-17(21)15-9-11-18-12-10-15/h3-12H,1-2H3,(H,20,21)/b4-3+,19-13-. The van der Waals surface area contributed by atoms with Crippen LogP contribution in [0.15, 0.2) is 60.0 Å². The summed E-state index contributed by atoms with van der Waals surface area (Å²) >= 11 is 0. The van der Waals surface area contributed by atoms with Crippen molar-refractivity contribution in [1.82, 2.24) is 10.4 Å². The molecule has 1 aromatic carbocycles. The van der Waals surface area contributed by atoms with Crippen LogP contribution in [0, 0.1) is 0 Å². The summed E-state index contributed by atoms with van der Waals surface area (Å²) in [5.41, 5.74) is 4.74. The summed E-state index contributed by atoms with van der Waals surface area (Å²) in [4.78, 5) is 15.7. The lowest BCUT2D eigenvalue weighted by atomic mass is 10.2. The molecule has 0 fully saturated rings. The molecule has 0 saturated heterocycles. The number of methoxy groups -OCH3 is 1. The zero-order chi connectivity index (χ0) is 15.8. The summed E-state index contributed by atoms with van der Waals surface area (Å²) in [7, 11) is 1.63. The van der Waals surface area contributed by atoms with Crippen molar-refractivity contribution in [3.05, 3.63) is 66.0 Å². The number of nitrogens with zero attached hydrogens (tertiary/aromatic N) is 2. The molecule has 1 aromatic heterocycles. The van der Waals surface area contributed by atoms with Crippen LogP contribution in [0.25, 0.3) is 6.08 Å². The number of hydrogen-bond acceptors (Lipinski definition) is 4. The Morgan fingerprint density at radius 2 is 1.86 bits per heavy atom. The molecule has 112 valence electrons. The molecule has 0 bridgehead atoms. The normalized spacial score (nSPS) is 11.5. The number of carbonyl (C=O) groups is 1. The van der Waals surface area contributed by atoms with Gasteiger partial charge in [0, 0.05) is 18.0 Å². The molecule has 5 heteroatoms. The minimum atomic E-state index is -0.264. The molecule has 5 nitrogen and oxygen atoms in total. The predicted octanol–water partition coefficient (Wildman–Crippen LogP) is 2.91. The maximum Gasteiger partial charge on any atom is 0.271 e. The summed E-state index contributed by atoms with van der Waals surface area (Å²) in [6, 6.07) is 10.9. The quantitative estimate of drug-likeness (QED) is 0.681. The number of pyridine rings is 1. The molecule has 0 aliphatic heterocycles. The predicted molar refractivity (Wildman–Crippen MR) is 86.8 cm³/mol. The minimum Gasteiger partial charge on any atom is -0.497 e. The first-order valence-electron chi connectivity index (χ1n) is 6.76. The van der Waals surface area contributed by atoms with Crippen LogP contribution in [-0.4, -0.2) is 23.7 Å². The van der Waals surface area contributed by atoms with E-state index in [0.717, 1.165) is 11.3 Å². The van der Waals surface area contributed by atoms with Crippen molar-refractivity contribution in [1.29, 1.82) is 0 Å². The Labute approximate surface area is 129 Å². The number of hydrogen-bond donors (Lipinski definition) is 1. The molecule has 1 amide bonds. The number of nitrogens with one attached hydrogen (secondary N) is 1. The fourth-order valence-corrected chi connectivity index (χ4v) is 1.68. The van der Waals surface area contributed by atoms with Crippen molar-refractivity contribution >= 4 is 17.7 Å². The number of hydrazone groups is 1. The van der Waals surface area contributed by atoms with Gasteiger partial charge in [0.1, 0.15) is 5.75 Å². The van der Waals surface area contributed by atoms with Crippen LogP contribution in [-0.2, 0) is 0 Å². The van der Waals surface area contributed by atoms with Crippen molar-refractivity contribution in [2.45, 2.75) is 6.92 Å². The van der Waals surface area contributed by atoms with Crippen LogP contribution in [0.3, 0.4) is 0 Å². The summed E-state index contributed by atoms with van der Waals surface area (Å²) < 4.78 is 5.10. The van der Waals surface area contributed by atoms with Gasteiger partial charge in [-0.2, -0.15) is 5.10 Å². The molecule has 0 aliphatic carbocycles. The Hall–Kier alpha value is -2.95. The van der Waals surface area contributed by atoms with Crippen LogP contribution >= 0.6 is 0 Å². The lowest BCUT2D eigenvalue weighted by molar-refractivity contribution is 0.0954. The second-order valence-corrected chi connectivity index (χ2v) is 4.54. The number of carbonyl (C=O) groups excluding carboxylic acids is 1. The van der Waals surface area contributed by atoms with Crippen molar-refractivity contribution in [2.24, 2.45) is 5.10 Å². The third-order valence-electron chi connectivity index (χ3n) is 2.91. The van der Waals surface area contributed by atoms with Crippen LogP contribution in [0.4, 0.5) is 0 Å².